The largest absolute Gasteiger partial charge is 0.387 e. The van der Waals surface area contributed by atoms with Crippen LogP contribution in [0.5, 0.6) is 0 Å². The molecule has 0 bridgehead atoms. The Hall–Kier alpha value is -0.670. The fraction of sp³-hybridized carbons (Fsp3) is 0.545. The normalized spacial score (nSPS) is 12.7. The minimum Gasteiger partial charge on any atom is -0.387 e. The molecule has 0 radical (unpaired) electrons. The lowest BCUT2D eigenvalue weighted by atomic mass is 10.2. The first-order valence-corrected chi connectivity index (χ1v) is 17.0. The Labute approximate surface area is 237 Å². The van der Waals surface area contributed by atoms with E-state index in [0.29, 0.717) is 11.4 Å². The third-order valence-corrected chi connectivity index (χ3v) is 5.58. The number of nitrogens with zero attached hydrogens (tertiary/aromatic N) is 3. The first-order chi connectivity index (χ1) is 16.4. The van der Waals surface area contributed by atoms with Crippen molar-refractivity contribution in [3.8, 4) is 0 Å². The van der Waals surface area contributed by atoms with Gasteiger partial charge in [-0.1, -0.05) is 20.8 Å². The van der Waals surface area contributed by atoms with Crippen LogP contribution in [0.1, 0.15) is 58.2 Å². The quantitative estimate of drug-likeness (QED) is 0.303. The molecule has 2 unspecified atom stereocenters. The van der Waals surface area contributed by atoms with E-state index in [1.54, 1.807) is 44.4 Å². The van der Waals surface area contributed by atoms with E-state index < -0.39 is 31.4 Å². The minimum atomic E-state index is -3.43. The number of rotatable bonds is 7. The molecule has 2 atom stereocenters. The molecule has 0 aliphatic heterocycles. The molecule has 208 valence electrons. The van der Waals surface area contributed by atoms with Crippen LogP contribution in [0.15, 0.2) is 45.6 Å². The van der Waals surface area contributed by atoms with Crippen LogP contribution in [0.4, 0.5) is 0 Å². The maximum Gasteiger partial charge on any atom is 0.265 e. The molecule has 0 fully saturated rings. The highest BCUT2D eigenvalue weighted by molar-refractivity contribution is 9.10. The van der Waals surface area contributed by atoms with Gasteiger partial charge in [0.25, 0.3) is 10.1 Å². The zero-order chi connectivity index (χ0) is 28.5. The summed E-state index contributed by atoms with van der Waals surface area (Å²) in [5, 5.41) is 9.04. The predicted molar refractivity (Wildman–Crippen MR) is 153 cm³/mol. The van der Waals surface area contributed by atoms with Crippen LogP contribution in [-0.4, -0.2) is 69.0 Å². The summed E-state index contributed by atoms with van der Waals surface area (Å²) < 4.78 is 47.0. The summed E-state index contributed by atoms with van der Waals surface area (Å²) in [6, 6.07) is 7.13. The van der Waals surface area contributed by atoms with Crippen LogP contribution in [0.3, 0.4) is 0 Å². The lowest BCUT2D eigenvalue weighted by Gasteiger charge is -2.13. The molecule has 0 amide bonds. The van der Waals surface area contributed by atoms with E-state index in [-0.39, 0.29) is 0 Å². The fourth-order valence-electron chi connectivity index (χ4n) is 2.24. The number of aliphatic hydroxyl groups excluding tert-OH is 1. The highest BCUT2D eigenvalue weighted by Crippen LogP contribution is 2.18. The van der Waals surface area contributed by atoms with Crippen molar-refractivity contribution in [1.29, 1.82) is 0 Å². The SMILES string of the molecule is CC(O)c1ccc(Br)cn1.CC(OS(C)(=O)=O)c1ccc(Br)cn1.CCN(CC)CC.CS(=O)(=O)Cl. The van der Waals surface area contributed by atoms with Crippen molar-refractivity contribution in [2.24, 2.45) is 0 Å². The smallest absolute Gasteiger partial charge is 0.265 e. The number of aliphatic hydroxyl groups is 1. The molecular weight excluding hydrogens is 662 g/mol. The van der Waals surface area contributed by atoms with E-state index in [4.69, 9.17) is 9.29 Å². The molecular formula is C22H36Br2ClN3O6S2. The van der Waals surface area contributed by atoms with E-state index in [1.165, 1.54) is 19.6 Å². The van der Waals surface area contributed by atoms with Crippen molar-refractivity contribution in [3.05, 3.63) is 57.0 Å². The zero-order valence-electron chi connectivity index (χ0n) is 21.5. The van der Waals surface area contributed by atoms with Gasteiger partial charge in [0.05, 0.1) is 30.0 Å². The Bertz CT molecular complexity index is 1040. The van der Waals surface area contributed by atoms with E-state index in [2.05, 4.69) is 78.2 Å². The van der Waals surface area contributed by atoms with Crippen molar-refractivity contribution in [2.45, 2.75) is 46.8 Å². The van der Waals surface area contributed by atoms with E-state index in [9.17, 15) is 16.8 Å². The molecule has 0 spiro atoms. The Morgan fingerprint density at radius 1 is 0.889 bits per heavy atom. The van der Waals surface area contributed by atoms with Crippen LogP contribution in [0.2, 0.25) is 0 Å². The van der Waals surface area contributed by atoms with Crippen LogP contribution in [-0.2, 0) is 23.4 Å². The van der Waals surface area contributed by atoms with Gasteiger partial charge in [0.2, 0.25) is 9.05 Å². The minimum absolute atomic E-state index is 0.479. The summed E-state index contributed by atoms with van der Waals surface area (Å²) in [5.74, 6) is 0. The molecule has 2 aromatic heterocycles. The second kappa shape index (κ2) is 19.4. The van der Waals surface area contributed by atoms with Gasteiger partial charge in [-0.25, -0.2) is 8.42 Å². The first kappa shape index (κ1) is 37.5. The molecule has 0 aliphatic carbocycles. The van der Waals surface area contributed by atoms with Crippen LogP contribution < -0.4 is 0 Å². The molecule has 0 saturated carbocycles. The van der Waals surface area contributed by atoms with Gasteiger partial charge in [0.15, 0.2) is 0 Å². The maximum absolute atomic E-state index is 10.8. The van der Waals surface area contributed by atoms with Crippen molar-refractivity contribution >= 4 is 61.7 Å². The summed E-state index contributed by atoms with van der Waals surface area (Å²) in [7, 11) is -2.13. The molecule has 0 aliphatic rings. The van der Waals surface area contributed by atoms with Gasteiger partial charge in [-0.2, -0.15) is 8.42 Å². The number of pyridine rings is 2. The van der Waals surface area contributed by atoms with Crippen LogP contribution >= 0.6 is 42.5 Å². The number of hydrogen-bond donors (Lipinski definition) is 1. The predicted octanol–water partition coefficient (Wildman–Crippen LogP) is 5.31. The summed E-state index contributed by atoms with van der Waals surface area (Å²) in [4.78, 5) is 10.4. The lowest BCUT2D eigenvalue weighted by molar-refractivity contribution is 0.194. The highest BCUT2D eigenvalue weighted by atomic mass is 79.9. The van der Waals surface area contributed by atoms with Crippen molar-refractivity contribution in [2.75, 3.05) is 32.1 Å². The fourth-order valence-corrected chi connectivity index (χ4v) is 3.34. The average molecular weight is 698 g/mol. The van der Waals surface area contributed by atoms with Gasteiger partial charge in [-0.05, 0) is 89.6 Å². The number of halogens is 3. The van der Waals surface area contributed by atoms with Crippen molar-refractivity contribution in [3.63, 3.8) is 0 Å². The van der Waals surface area contributed by atoms with Crippen LogP contribution in [0, 0.1) is 0 Å². The molecule has 2 aromatic rings. The average Bonchev–Trinajstić information content (AvgIpc) is 2.74. The third-order valence-electron chi connectivity index (χ3n) is 4.01. The second-order valence-corrected chi connectivity index (χ2v) is 13.7. The maximum atomic E-state index is 10.8. The molecule has 36 heavy (non-hydrogen) atoms. The summed E-state index contributed by atoms with van der Waals surface area (Å²) >= 11 is 6.48. The van der Waals surface area contributed by atoms with Gasteiger partial charge in [-0.15, -0.1) is 0 Å². The molecule has 2 heterocycles. The van der Waals surface area contributed by atoms with E-state index >= 15 is 0 Å². The molecule has 1 N–H and O–H groups in total. The zero-order valence-corrected chi connectivity index (χ0v) is 27.1. The Balaban J connectivity index is 0. The molecule has 0 saturated heterocycles. The third kappa shape index (κ3) is 23.7. The van der Waals surface area contributed by atoms with Crippen LogP contribution in [0.25, 0.3) is 0 Å². The second-order valence-electron chi connectivity index (χ2n) is 7.22. The van der Waals surface area contributed by atoms with Gasteiger partial charge in [-0.3, -0.25) is 14.2 Å². The van der Waals surface area contributed by atoms with E-state index in [0.717, 1.165) is 21.5 Å². The standard InChI is InChI=1S/C8H10BrNO3S.C7H8BrNO.C6H15N.CH3ClO2S/c1-6(13-14(2,11)12)8-4-3-7(9)5-10-8;1-5(10)7-3-2-6(8)4-9-7;1-4-7(5-2)6-3;1-5(2,3)4/h3-6H,1-2H3;2-5,10H,1H3;4-6H2,1-3H3;1H3. The van der Waals surface area contributed by atoms with Crippen molar-refractivity contribution < 1.29 is 26.1 Å². The summed E-state index contributed by atoms with van der Waals surface area (Å²) in [6.45, 7) is 13.5. The van der Waals surface area contributed by atoms with Crippen molar-refractivity contribution in [1.82, 2.24) is 14.9 Å². The monoisotopic (exact) mass is 695 g/mol. The summed E-state index contributed by atoms with van der Waals surface area (Å²) in [6.07, 6.45) is 4.17. The Morgan fingerprint density at radius 2 is 1.25 bits per heavy atom. The van der Waals surface area contributed by atoms with Gasteiger partial charge >= 0.3 is 0 Å². The molecule has 0 aromatic carbocycles. The van der Waals surface area contributed by atoms with Gasteiger partial charge in [0, 0.05) is 32.0 Å². The number of hydrogen-bond acceptors (Lipinski definition) is 9. The Kier molecular flexibility index (Phi) is 20.2. The topological polar surface area (TPSA) is 127 Å². The highest BCUT2D eigenvalue weighted by Gasteiger charge is 2.13. The van der Waals surface area contributed by atoms with Gasteiger partial charge < -0.3 is 10.0 Å². The van der Waals surface area contributed by atoms with E-state index in [1.807, 2.05) is 6.07 Å². The molecule has 14 heteroatoms. The molecule has 9 nitrogen and oxygen atoms in total. The molecule has 2 rings (SSSR count). The summed E-state index contributed by atoms with van der Waals surface area (Å²) in [5.41, 5.74) is 1.28. The number of aromatic nitrogens is 2. The first-order valence-electron chi connectivity index (χ1n) is 10.8. The Morgan fingerprint density at radius 3 is 1.47 bits per heavy atom. The lowest BCUT2D eigenvalue weighted by Crippen LogP contribution is -2.21. The van der Waals surface area contributed by atoms with Gasteiger partial charge in [0.1, 0.15) is 6.10 Å².